The Bertz CT molecular complexity index is 1410. The largest absolute Gasteiger partial charge is 0.462 e. The molecule has 0 atom stereocenters. The number of nitrogens with one attached hydrogen (secondary N) is 1. The Labute approximate surface area is 193 Å². The van der Waals surface area contributed by atoms with Crippen molar-refractivity contribution in [3.8, 4) is 6.07 Å². The fraction of sp³-hybridized carbons (Fsp3) is 0.300. The van der Waals surface area contributed by atoms with Crippen molar-refractivity contribution in [1.29, 1.82) is 5.26 Å². The maximum absolute atomic E-state index is 12.7. The Balaban J connectivity index is 1.47. The fourth-order valence-electron chi connectivity index (χ4n) is 3.42. The van der Waals surface area contributed by atoms with Gasteiger partial charge in [0.15, 0.2) is 0 Å². The van der Waals surface area contributed by atoms with Gasteiger partial charge in [0.1, 0.15) is 27.8 Å². The predicted octanol–water partition coefficient (Wildman–Crippen LogP) is 1.38. The minimum absolute atomic E-state index is 0.114. The van der Waals surface area contributed by atoms with Gasteiger partial charge >= 0.3 is 5.97 Å². The van der Waals surface area contributed by atoms with E-state index in [0.29, 0.717) is 17.0 Å². The molecule has 13 heteroatoms. The normalized spacial score (nSPS) is 13.9. The minimum Gasteiger partial charge on any atom is -0.462 e. The van der Waals surface area contributed by atoms with Gasteiger partial charge < -0.3 is 9.64 Å². The van der Waals surface area contributed by atoms with E-state index in [1.165, 1.54) is 18.2 Å². The maximum atomic E-state index is 12.7. The summed E-state index contributed by atoms with van der Waals surface area (Å²) in [6.07, 6.45) is 0. The van der Waals surface area contributed by atoms with Crippen LogP contribution < -0.4 is 9.62 Å². The first-order chi connectivity index (χ1) is 15.7. The van der Waals surface area contributed by atoms with Gasteiger partial charge in [0.2, 0.25) is 5.91 Å². The number of carbonyl (C=O) groups excluding carboxylic acids is 2. The second-order valence-corrected chi connectivity index (χ2v) is 9.46. The van der Waals surface area contributed by atoms with Crippen LogP contribution in [-0.2, 0) is 19.6 Å². The number of anilines is 1. The van der Waals surface area contributed by atoms with Crippen LogP contribution in [0.4, 0.5) is 5.82 Å². The summed E-state index contributed by atoms with van der Waals surface area (Å²) in [5.74, 6) is -1.52. The number of aryl methyl sites for hydroxylation is 1. The quantitative estimate of drug-likeness (QED) is 0.505. The third-order valence-electron chi connectivity index (χ3n) is 5.13. The van der Waals surface area contributed by atoms with Crippen molar-refractivity contribution in [2.75, 3.05) is 24.6 Å². The molecule has 1 fully saturated rings. The molecule has 0 aliphatic carbocycles. The number of pyridine rings is 1. The minimum atomic E-state index is -4.13. The number of hydrogen-bond acceptors (Lipinski definition) is 11. The van der Waals surface area contributed by atoms with Crippen LogP contribution in [0, 0.1) is 24.2 Å². The van der Waals surface area contributed by atoms with Crippen molar-refractivity contribution in [2.45, 2.75) is 18.7 Å². The highest BCUT2D eigenvalue weighted by molar-refractivity contribution is 7.90. The molecule has 1 N–H and O–H groups in total. The van der Waals surface area contributed by atoms with Gasteiger partial charge in [0, 0.05) is 13.1 Å². The number of fused-ring (bicyclic) bond motifs is 1. The number of benzene rings is 1. The molecule has 2 aromatic heterocycles. The number of aromatic nitrogens is 3. The number of nitrogens with zero attached hydrogens (tertiary/aromatic N) is 5. The first-order valence-corrected chi connectivity index (χ1v) is 12.1. The molecule has 11 nitrogen and oxygen atoms in total. The van der Waals surface area contributed by atoms with E-state index in [2.05, 4.69) is 18.5 Å². The van der Waals surface area contributed by atoms with Crippen molar-refractivity contribution in [3.05, 3.63) is 41.1 Å². The number of esters is 1. The molecule has 33 heavy (non-hydrogen) atoms. The van der Waals surface area contributed by atoms with Crippen LogP contribution in [0.3, 0.4) is 0 Å². The second-order valence-electron chi connectivity index (χ2n) is 7.28. The monoisotopic (exact) mass is 486 g/mol. The molecule has 3 heterocycles. The van der Waals surface area contributed by atoms with Gasteiger partial charge in [-0.15, -0.1) is 0 Å². The number of hydrogen-bond donors (Lipinski definition) is 1. The summed E-state index contributed by atoms with van der Waals surface area (Å²) >= 11 is 0.886. The lowest BCUT2D eigenvalue weighted by Gasteiger charge is -2.39. The molecule has 0 unspecified atom stereocenters. The van der Waals surface area contributed by atoms with Crippen molar-refractivity contribution >= 4 is 50.5 Å². The predicted molar refractivity (Wildman–Crippen MR) is 118 cm³/mol. The van der Waals surface area contributed by atoms with E-state index >= 15 is 0 Å². The van der Waals surface area contributed by atoms with Crippen LogP contribution >= 0.6 is 11.7 Å². The highest BCUT2D eigenvalue weighted by Crippen LogP contribution is 2.29. The average Bonchev–Trinajstić information content (AvgIpc) is 3.21. The van der Waals surface area contributed by atoms with E-state index in [4.69, 9.17) is 4.74 Å². The summed E-state index contributed by atoms with van der Waals surface area (Å²) in [4.78, 5) is 30.6. The van der Waals surface area contributed by atoms with Crippen LogP contribution in [0.5, 0.6) is 0 Å². The molecule has 170 valence electrons. The lowest BCUT2D eigenvalue weighted by atomic mass is 9.98. The number of carbonyl (C=O) groups is 2. The van der Waals surface area contributed by atoms with Gasteiger partial charge in [0.25, 0.3) is 10.0 Å². The Morgan fingerprint density at radius 2 is 2.09 bits per heavy atom. The third-order valence-corrected chi connectivity index (χ3v) is 7.06. The Hall–Kier alpha value is -3.63. The third kappa shape index (κ3) is 4.22. The topological polar surface area (TPSA) is 155 Å². The summed E-state index contributed by atoms with van der Waals surface area (Å²) in [5, 5.41) is 9.50. The van der Waals surface area contributed by atoms with Crippen molar-refractivity contribution in [1.82, 2.24) is 18.5 Å². The van der Waals surface area contributed by atoms with Crippen LogP contribution in [0.1, 0.15) is 28.5 Å². The van der Waals surface area contributed by atoms with Crippen LogP contribution in [0.2, 0.25) is 0 Å². The standard InChI is InChI=1S/C20H18N6O5S2/c1-3-31-20(28)14-7-12(8-21)18(22-11(14)2)26-9-13(10-26)19(27)25-33(29,30)16-6-4-5-15-17(16)24-32-23-15/h4-7,13H,3,9-10H2,1-2H3,(H,25,27). The molecule has 4 rings (SSSR count). The van der Waals surface area contributed by atoms with Gasteiger partial charge in [-0.1, -0.05) is 6.07 Å². The van der Waals surface area contributed by atoms with Gasteiger partial charge in [-0.25, -0.2) is 22.9 Å². The summed E-state index contributed by atoms with van der Waals surface area (Å²) in [6.45, 7) is 3.84. The van der Waals surface area contributed by atoms with E-state index in [1.807, 2.05) is 6.07 Å². The zero-order valence-corrected chi connectivity index (χ0v) is 19.2. The van der Waals surface area contributed by atoms with Crippen LogP contribution in [-0.4, -0.2) is 53.7 Å². The van der Waals surface area contributed by atoms with Gasteiger partial charge in [-0.3, -0.25) is 4.79 Å². The Kier molecular flexibility index (Phi) is 5.96. The molecule has 1 aromatic carbocycles. The molecule has 1 aliphatic rings. The lowest BCUT2D eigenvalue weighted by Crippen LogP contribution is -2.55. The SMILES string of the molecule is CCOC(=O)c1cc(C#N)c(N2CC(C(=O)NS(=O)(=O)c3cccc4nsnc34)C2)nc1C. The number of sulfonamides is 1. The molecule has 1 saturated heterocycles. The molecule has 0 saturated carbocycles. The zero-order chi connectivity index (χ0) is 23.8. The van der Waals surface area contributed by atoms with E-state index in [0.717, 1.165) is 11.7 Å². The smallest absolute Gasteiger partial charge is 0.340 e. The van der Waals surface area contributed by atoms with Gasteiger partial charge in [-0.05, 0) is 32.0 Å². The molecule has 0 spiro atoms. The van der Waals surface area contributed by atoms with E-state index in [1.54, 1.807) is 24.8 Å². The Morgan fingerprint density at radius 1 is 1.33 bits per heavy atom. The highest BCUT2D eigenvalue weighted by atomic mass is 32.2. The number of nitriles is 1. The van der Waals surface area contributed by atoms with Crippen molar-refractivity contribution in [2.24, 2.45) is 5.92 Å². The van der Waals surface area contributed by atoms with Crippen LogP contribution in [0.15, 0.2) is 29.2 Å². The molecule has 0 radical (unpaired) electrons. The molecule has 1 amide bonds. The van der Waals surface area contributed by atoms with Gasteiger partial charge in [0.05, 0.1) is 41.1 Å². The molecule has 3 aromatic rings. The lowest BCUT2D eigenvalue weighted by molar-refractivity contribution is -0.123. The first kappa shape index (κ1) is 22.6. The molecular formula is C20H18N6O5S2. The molecule has 1 aliphatic heterocycles. The molecule has 0 bridgehead atoms. The van der Waals surface area contributed by atoms with E-state index < -0.39 is 27.8 Å². The molecular weight excluding hydrogens is 468 g/mol. The van der Waals surface area contributed by atoms with Crippen molar-refractivity contribution < 1.29 is 22.7 Å². The van der Waals surface area contributed by atoms with E-state index in [9.17, 15) is 23.3 Å². The maximum Gasteiger partial charge on any atom is 0.340 e. The van der Waals surface area contributed by atoms with Crippen LogP contribution in [0.25, 0.3) is 11.0 Å². The van der Waals surface area contributed by atoms with E-state index in [-0.39, 0.29) is 41.2 Å². The van der Waals surface area contributed by atoms with Gasteiger partial charge in [-0.2, -0.15) is 14.0 Å². The number of rotatable bonds is 6. The summed E-state index contributed by atoms with van der Waals surface area (Å²) < 4.78 is 40.6. The number of amides is 1. The second kappa shape index (κ2) is 8.72. The summed E-state index contributed by atoms with van der Waals surface area (Å²) in [6, 6.07) is 7.95. The summed E-state index contributed by atoms with van der Waals surface area (Å²) in [7, 11) is -4.13. The summed E-state index contributed by atoms with van der Waals surface area (Å²) in [5.41, 5.74) is 1.39. The number of ether oxygens (including phenoxy) is 1. The zero-order valence-electron chi connectivity index (χ0n) is 17.6. The van der Waals surface area contributed by atoms with Crippen molar-refractivity contribution in [3.63, 3.8) is 0 Å². The average molecular weight is 487 g/mol. The fourth-order valence-corrected chi connectivity index (χ4v) is 5.23. The highest BCUT2D eigenvalue weighted by Gasteiger charge is 2.37. The first-order valence-electron chi connectivity index (χ1n) is 9.87. The Morgan fingerprint density at radius 3 is 2.79 bits per heavy atom.